The standard InChI is InChI=1S/C14H18BrClN2O/c1-2-18-7-3-4-11(18)9-17-14(19)12-8-10(15)5-6-13(12)16/h5-6,8,11H,2-4,7,9H2,1H3,(H,17,19)/t11-/m0/s1. The van der Waals surface area contributed by atoms with Crippen LogP contribution in [0.2, 0.25) is 5.02 Å². The summed E-state index contributed by atoms with van der Waals surface area (Å²) in [4.78, 5) is 14.5. The van der Waals surface area contributed by atoms with E-state index < -0.39 is 0 Å². The third-order valence-electron chi connectivity index (χ3n) is 3.58. The lowest BCUT2D eigenvalue weighted by atomic mass is 10.2. The van der Waals surface area contributed by atoms with Crippen LogP contribution < -0.4 is 5.32 Å². The van der Waals surface area contributed by atoms with Crippen LogP contribution in [-0.2, 0) is 0 Å². The van der Waals surface area contributed by atoms with Crippen molar-refractivity contribution in [2.45, 2.75) is 25.8 Å². The summed E-state index contributed by atoms with van der Waals surface area (Å²) in [5.74, 6) is -0.103. The smallest absolute Gasteiger partial charge is 0.252 e. The summed E-state index contributed by atoms with van der Waals surface area (Å²) in [7, 11) is 0. The van der Waals surface area contributed by atoms with Crippen LogP contribution in [0.1, 0.15) is 30.1 Å². The van der Waals surface area contributed by atoms with Crippen molar-refractivity contribution in [1.29, 1.82) is 0 Å². The van der Waals surface area contributed by atoms with E-state index in [4.69, 9.17) is 11.6 Å². The highest BCUT2D eigenvalue weighted by molar-refractivity contribution is 9.10. The fraction of sp³-hybridized carbons (Fsp3) is 0.500. The number of nitrogens with zero attached hydrogens (tertiary/aromatic N) is 1. The second-order valence-electron chi connectivity index (χ2n) is 4.76. The lowest BCUT2D eigenvalue weighted by Crippen LogP contribution is -2.40. The van der Waals surface area contributed by atoms with Crippen LogP contribution in [0.25, 0.3) is 0 Å². The van der Waals surface area contributed by atoms with E-state index in [1.807, 2.05) is 6.07 Å². The van der Waals surface area contributed by atoms with Gasteiger partial charge in [0, 0.05) is 17.1 Å². The van der Waals surface area contributed by atoms with Crippen LogP contribution in [0, 0.1) is 0 Å². The molecule has 0 spiro atoms. The predicted molar refractivity (Wildman–Crippen MR) is 81.8 cm³/mol. The van der Waals surface area contributed by atoms with E-state index in [1.165, 1.54) is 6.42 Å². The molecule has 0 saturated carbocycles. The van der Waals surface area contributed by atoms with Crippen molar-refractivity contribution in [1.82, 2.24) is 10.2 Å². The van der Waals surface area contributed by atoms with Gasteiger partial charge in [0.1, 0.15) is 0 Å². The molecule has 0 aliphatic carbocycles. The normalized spacial score (nSPS) is 19.6. The van der Waals surface area contributed by atoms with Gasteiger partial charge in [-0.1, -0.05) is 34.5 Å². The molecule has 0 unspecified atom stereocenters. The summed E-state index contributed by atoms with van der Waals surface area (Å²) in [6, 6.07) is 5.77. The van der Waals surface area contributed by atoms with Crippen LogP contribution in [0.15, 0.2) is 22.7 Å². The first kappa shape index (κ1) is 14.8. The molecule has 1 aromatic rings. The molecule has 1 fully saturated rings. The molecule has 1 aliphatic heterocycles. The van der Waals surface area contributed by atoms with Crippen LogP contribution in [0.4, 0.5) is 0 Å². The number of rotatable bonds is 4. The number of hydrogen-bond donors (Lipinski definition) is 1. The Kier molecular flexibility index (Phi) is 5.25. The molecule has 5 heteroatoms. The maximum absolute atomic E-state index is 12.1. The van der Waals surface area contributed by atoms with Crippen molar-refractivity contribution in [2.24, 2.45) is 0 Å². The maximum Gasteiger partial charge on any atom is 0.252 e. The Labute approximate surface area is 127 Å². The van der Waals surface area contributed by atoms with E-state index in [-0.39, 0.29) is 5.91 Å². The van der Waals surface area contributed by atoms with Crippen LogP contribution in [0.3, 0.4) is 0 Å². The van der Waals surface area contributed by atoms with E-state index in [0.29, 0.717) is 23.2 Å². The molecule has 104 valence electrons. The summed E-state index contributed by atoms with van der Waals surface area (Å²) >= 11 is 9.41. The zero-order valence-corrected chi connectivity index (χ0v) is 13.3. The van der Waals surface area contributed by atoms with Gasteiger partial charge < -0.3 is 5.32 Å². The number of likely N-dealkylation sites (N-methyl/N-ethyl adjacent to an activating group) is 1. The lowest BCUT2D eigenvalue weighted by Gasteiger charge is -2.23. The molecule has 0 radical (unpaired) electrons. The second kappa shape index (κ2) is 6.73. The Morgan fingerprint density at radius 2 is 2.37 bits per heavy atom. The summed E-state index contributed by atoms with van der Waals surface area (Å²) < 4.78 is 0.859. The Balaban J connectivity index is 1.96. The first-order valence-corrected chi connectivity index (χ1v) is 7.76. The first-order chi connectivity index (χ1) is 9.11. The molecule has 1 N–H and O–H groups in total. The Bertz CT molecular complexity index is 467. The van der Waals surface area contributed by atoms with Gasteiger partial charge >= 0.3 is 0 Å². The zero-order chi connectivity index (χ0) is 13.8. The molecule has 19 heavy (non-hydrogen) atoms. The molecule has 2 rings (SSSR count). The number of benzene rings is 1. The van der Waals surface area contributed by atoms with Crippen LogP contribution >= 0.6 is 27.5 Å². The van der Waals surface area contributed by atoms with E-state index >= 15 is 0 Å². The van der Waals surface area contributed by atoms with E-state index in [2.05, 4.69) is 33.1 Å². The van der Waals surface area contributed by atoms with Gasteiger partial charge in [0.05, 0.1) is 10.6 Å². The highest BCUT2D eigenvalue weighted by atomic mass is 79.9. The van der Waals surface area contributed by atoms with Crippen LogP contribution in [0.5, 0.6) is 0 Å². The number of likely N-dealkylation sites (tertiary alicyclic amines) is 1. The minimum Gasteiger partial charge on any atom is -0.350 e. The quantitative estimate of drug-likeness (QED) is 0.908. The molecule has 1 amide bonds. The Morgan fingerprint density at radius 1 is 1.58 bits per heavy atom. The SMILES string of the molecule is CCN1CCC[C@H]1CNC(=O)c1cc(Br)ccc1Cl. The average Bonchev–Trinajstić information content (AvgIpc) is 2.86. The fourth-order valence-corrected chi connectivity index (χ4v) is 3.08. The van der Waals surface area contributed by atoms with E-state index in [1.54, 1.807) is 12.1 Å². The van der Waals surface area contributed by atoms with Gasteiger partial charge in [-0.25, -0.2) is 0 Å². The van der Waals surface area contributed by atoms with Gasteiger partial charge in [-0.3, -0.25) is 9.69 Å². The average molecular weight is 346 g/mol. The minimum absolute atomic E-state index is 0.103. The number of nitrogens with one attached hydrogen (secondary N) is 1. The molecular formula is C14H18BrClN2O. The molecule has 0 bridgehead atoms. The van der Waals surface area contributed by atoms with E-state index in [0.717, 1.165) is 24.0 Å². The number of hydrogen-bond acceptors (Lipinski definition) is 2. The van der Waals surface area contributed by atoms with Gasteiger partial charge in [0.2, 0.25) is 0 Å². The van der Waals surface area contributed by atoms with Crippen molar-refractivity contribution in [3.8, 4) is 0 Å². The van der Waals surface area contributed by atoms with Gasteiger partial charge in [0.15, 0.2) is 0 Å². The van der Waals surface area contributed by atoms with Crippen molar-refractivity contribution < 1.29 is 4.79 Å². The Hall–Kier alpha value is -0.580. The highest BCUT2D eigenvalue weighted by Gasteiger charge is 2.23. The number of carbonyl (C=O) groups excluding carboxylic acids is 1. The molecule has 1 heterocycles. The third-order valence-corrected chi connectivity index (χ3v) is 4.40. The fourth-order valence-electron chi connectivity index (χ4n) is 2.52. The molecule has 1 aromatic carbocycles. The van der Waals surface area contributed by atoms with Crippen LogP contribution in [-0.4, -0.2) is 36.5 Å². The monoisotopic (exact) mass is 344 g/mol. The van der Waals surface area contributed by atoms with Gasteiger partial charge in [-0.2, -0.15) is 0 Å². The van der Waals surface area contributed by atoms with Crippen molar-refractivity contribution in [3.63, 3.8) is 0 Å². The van der Waals surface area contributed by atoms with Crippen molar-refractivity contribution >= 4 is 33.4 Å². The lowest BCUT2D eigenvalue weighted by molar-refractivity contribution is 0.0941. The molecule has 1 aliphatic rings. The van der Waals surface area contributed by atoms with Gasteiger partial charge in [0.25, 0.3) is 5.91 Å². The van der Waals surface area contributed by atoms with Crippen molar-refractivity contribution in [3.05, 3.63) is 33.3 Å². The molecular weight excluding hydrogens is 328 g/mol. The molecule has 3 nitrogen and oxygen atoms in total. The maximum atomic E-state index is 12.1. The molecule has 0 aromatic heterocycles. The minimum atomic E-state index is -0.103. The second-order valence-corrected chi connectivity index (χ2v) is 6.08. The highest BCUT2D eigenvalue weighted by Crippen LogP contribution is 2.21. The molecule has 1 atom stereocenters. The van der Waals surface area contributed by atoms with Gasteiger partial charge in [-0.15, -0.1) is 0 Å². The third kappa shape index (κ3) is 3.71. The first-order valence-electron chi connectivity index (χ1n) is 6.59. The summed E-state index contributed by atoms with van der Waals surface area (Å²) in [6.07, 6.45) is 2.37. The van der Waals surface area contributed by atoms with E-state index in [9.17, 15) is 4.79 Å². The van der Waals surface area contributed by atoms with Gasteiger partial charge in [-0.05, 0) is 44.1 Å². The largest absolute Gasteiger partial charge is 0.350 e. The summed E-state index contributed by atoms with van der Waals surface area (Å²) in [6.45, 7) is 5.02. The topological polar surface area (TPSA) is 32.3 Å². The zero-order valence-electron chi connectivity index (χ0n) is 11.0. The predicted octanol–water partition coefficient (Wildman–Crippen LogP) is 3.32. The Morgan fingerprint density at radius 3 is 3.11 bits per heavy atom. The summed E-state index contributed by atoms with van der Waals surface area (Å²) in [5, 5.41) is 3.47. The summed E-state index contributed by atoms with van der Waals surface area (Å²) in [5.41, 5.74) is 0.525. The number of carbonyl (C=O) groups is 1. The molecule has 1 saturated heterocycles. The number of amides is 1. The van der Waals surface area contributed by atoms with Crippen molar-refractivity contribution in [2.75, 3.05) is 19.6 Å². The number of halogens is 2.